The fourth-order valence-corrected chi connectivity index (χ4v) is 3.66. The fourth-order valence-electron chi connectivity index (χ4n) is 3.66. The lowest BCUT2D eigenvalue weighted by Crippen LogP contribution is -2.42. The van der Waals surface area contributed by atoms with Crippen molar-refractivity contribution in [2.45, 2.75) is 38.2 Å². The van der Waals surface area contributed by atoms with Gasteiger partial charge in [-0.3, -0.25) is 4.79 Å². The third kappa shape index (κ3) is 2.94. The van der Waals surface area contributed by atoms with Gasteiger partial charge in [0.15, 0.2) is 6.10 Å². The number of amides is 1. The first-order valence-electron chi connectivity index (χ1n) is 8.48. The van der Waals surface area contributed by atoms with Crippen LogP contribution >= 0.6 is 0 Å². The molecule has 2 heterocycles. The van der Waals surface area contributed by atoms with E-state index >= 15 is 0 Å². The molecule has 24 heavy (non-hydrogen) atoms. The number of carbonyl (C=O) groups is 1. The summed E-state index contributed by atoms with van der Waals surface area (Å²) < 4.78 is 11.1. The minimum absolute atomic E-state index is 0.182. The predicted octanol–water partition coefficient (Wildman–Crippen LogP) is 2.40. The average Bonchev–Trinajstić information content (AvgIpc) is 3.22. The molecule has 1 saturated heterocycles. The van der Waals surface area contributed by atoms with Crippen LogP contribution in [0, 0.1) is 6.92 Å². The van der Waals surface area contributed by atoms with Crippen molar-refractivity contribution in [1.82, 2.24) is 15.1 Å². The van der Waals surface area contributed by atoms with Crippen LogP contribution in [0.2, 0.25) is 0 Å². The van der Waals surface area contributed by atoms with Gasteiger partial charge in [0.1, 0.15) is 0 Å². The van der Waals surface area contributed by atoms with Crippen LogP contribution in [0.4, 0.5) is 0 Å². The summed E-state index contributed by atoms with van der Waals surface area (Å²) in [5.41, 5.74) is 2.72. The second-order valence-corrected chi connectivity index (χ2v) is 6.50. The summed E-state index contributed by atoms with van der Waals surface area (Å²) in [6, 6.07) is 8.46. The van der Waals surface area contributed by atoms with Crippen molar-refractivity contribution in [3.05, 3.63) is 47.2 Å². The van der Waals surface area contributed by atoms with Gasteiger partial charge in [0.05, 0.1) is 13.2 Å². The summed E-state index contributed by atoms with van der Waals surface area (Å²) in [5, 5.41) is 7.86. The molecule has 1 fully saturated rings. The molecule has 2 atom stereocenters. The number of morpholine rings is 1. The SMILES string of the molecule is Cc1nnc(C2CN(C(=O)CC3CCc4ccccc43)CCO2)o1. The first kappa shape index (κ1) is 15.3. The minimum atomic E-state index is -0.320. The highest BCUT2D eigenvalue weighted by molar-refractivity contribution is 5.77. The van der Waals surface area contributed by atoms with E-state index < -0.39 is 0 Å². The molecule has 1 aromatic carbocycles. The summed E-state index contributed by atoms with van der Waals surface area (Å²) in [4.78, 5) is 14.6. The number of aryl methyl sites for hydroxylation is 2. The van der Waals surface area contributed by atoms with Gasteiger partial charge in [0, 0.05) is 19.9 Å². The highest BCUT2D eigenvalue weighted by Gasteiger charge is 2.31. The number of hydrogen-bond donors (Lipinski definition) is 0. The molecule has 4 rings (SSSR count). The Morgan fingerprint density at radius 3 is 3.04 bits per heavy atom. The molecule has 0 radical (unpaired) electrons. The van der Waals surface area contributed by atoms with E-state index in [9.17, 15) is 4.79 Å². The monoisotopic (exact) mass is 327 g/mol. The number of ether oxygens (including phenoxy) is 1. The molecule has 0 N–H and O–H groups in total. The van der Waals surface area contributed by atoms with E-state index in [4.69, 9.17) is 9.15 Å². The van der Waals surface area contributed by atoms with Crippen LogP contribution in [0.25, 0.3) is 0 Å². The Balaban J connectivity index is 1.41. The van der Waals surface area contributed by atoms with Gasteiger partial charge in [-0.15, -0.1) is 10.2 Å². The van der Waals surface area contributed by atoms with Crippen molar-refractivity contribution in [2.75, 3.05) is 19.7 Å². The minimum Gasteiger partial charge on any atom is -0.423 e. The Hall–Kier alpha value is -2.21. The number of hydrogen-bond acceptors (Lipinski definition) is 5. The van der Waals surface area contributed by atoms with Gasteiger partial charge in [-0.25, -0.2) is 0 Å². The van der Waals surface area contributed by atoms with Crippen LogP contribution in [0.5, 0.6) is 0 Å². The van der Waals surface area contributed by atoms with Gasteiger partial charge >= 0.3 is 0 Å². The molecule has 2 aromatic rings. The molecular formula is C18H21N3O3. The maximum atomic E-state index is 12.7. The topological polar surface area (TPSA) is 68.5 Å². The Bertz CT molecular complexity index is 743. The Morgan fingerprint density at radius 1 is 1.33 bits per heavy atom. The van der Waals surface area contributed by atoms with E-state index in [1.54, 1.807) is 6.92 Å². The molecular weight excluding hydrogens is 306 g/mol. The van der Waals surface area contributed by atoms with Crippen LogP contribution in [0.3, 0.4) is 0 Å². The van der Waals surface area contributed by atoms with E-state index in [0.717, 1.165) is 12.8 Å². The van der Waals surface area contributed by atoms with Crippen molar-refractivity contribution >= 4 is 5.91 Å². The van der Waals surface area contributed by atoms with Crippen molar-refractivity contribution < 1.29 is 13.9 Å². The van der Waals surface area contributed by atoms with Gasteiger partial charge in [-0.1, -0.05) is 24.3 Å². The molecule has 0 bridgehead atoms. The van der Waals surface area contributed by atoms with Gasteiger partial charge in [-0.2, -0.15) is 0 Å². The largest absolute Gasteiger partial charge is 0.423 e. The van der Waals surface area contributed by atoms with E-state index in [2.05, 4.69) is 34.5 Å². The molecule has 6 nitrogen and oxygen atoms in total. The standard InChI is InChI=1S/C18H21N3O3/c1-12-19-20-18(24-12)16-11-21(8-9-23-16)17(22)10-14-7-6-13-4-2-3-5-15(13)14/h2-5,14,16H,6-11H2,1H3. The highest BCUT2D eigenvalue weighted by Crippen LogP contribution is 2.36. The van der Waals surface area contributed by atoms with E-state index in [-0.39, 0.29) is 12.0 Å². The summed E-state index contributed by atoms with van der Waals surface area (Å²) in [5.74, 6) is 1.48. The summed E-state index contributed by atoms with van der Waals surface area (Å²) in [6.07, 6.45) is 2.37. The first-order chi connectivity index (χ1) is 11.7. The molecule has 1 aromatic heterocycles. The molecule has 6 heteroatoms. The zero-order chi connectivity index (χ0) is 16.5. The molecule has 1 aliphatic heterocycles. The average molecular weight is 327 g/mol. The third-order valence-corrected chi connectivity index (χ3v) is 4.91. The van der Waals surface area contributed by atoms with E-state index in [1.165, 1.54) is 11.1 Å². The van der Waals surface area contributed by atoms with Crippen molar-refractivity contribution in [1.29, 1.82) is 0 Å². The quantitative estimate of drug-likeness (QED) is 0.866. The maximum absolute atomic E-state index is 12.7. The molecule has 0 spiro atoms. The zero-order valence-electron chi connectivity index (χ0n) is 13.8. The number of nitrogens with zero attached hydrogens (tertiary/aromatic N) is 3. The lowest BCUT2D eigenvalue weighted by molar-refractivity contribution is -0.140. The predicted molar refractivity (Wildman–Crippen MR) is 86.4 cm³/mol. The Kier molecular flexibility index (Phi) is 4.06. The normalized spacial score (nSPS) is 23.3. The number of rotatable bonds is 3. The van der Waals surface area contributed by atoms with Crippen molar-refractivity contribution in [3.63, 3.8) is 0 Å². The maximum Gasteiger partial charge on any atom is 0.246 e. The van der Waals surface area contributed by atoms with Crippen LogP contribution in [0.15, 0.2) is 28.7 Å². The number of aromatic nitrogens is 2. The number of carbonyl (C=O) groups excluding carboxylic acids is 1. The van der Waals surface area contributed by atoms with Gasteiger partial charge < -0.3 is 14.1 Å². The van der Waals surface area contributed by atoms with Gasteiger partial charge in [-0.05, 0) is 29.9 Å². The Morgan fingerprint density at radius 2 is 2.21 bits per heavy atom. The highest BCUT2D eigenvalue weighted by atomic mass is 16.5. The van der Waals surface area contributed by atoms with Crippen LogP contribution in [-0.2, 0) is 16.0 Å². The third-order valence-electron chi connectivity index (χ3n) is 4.91. The van der Waals surface area contributed by atoms with Gasteiger partial charge in [0.2, 0.25) is 17.7 Å². The molecule has 2 unspecified atom stereocenters. The molecule has 126 valence electrons. The van der Waals surface area contributed by atoms with Crippen LogP contribution in [-0.4, -0.2) is 40.7 Å². The van der Waals surface area contributed by atoms with Crippen LogP contribution < -0.4 is 0 Å². The molecule has 0 saturated carbocycles. The van der Waals surface area contributed by atoms with Crippen LogP contribution in [0.1, 0.15) is 47.8 Å². The van der Waals surface area contributed by atoms with E-state index in [0.29, 0.717) is 43.8 Å². The lowest BCUT2D eigenvalue weighted by atomic mass is 9.97. The Labute approximate surface area is 140 Å². The fraction of sp³-hybridized carbons (Fsp3) is 0.500. The van der Waals surface area contributed by atoms with Crippen molar-refractivity contribution in [3.8, 4) is 0 Å². The second kappa shape index (κ2) is 6.36. The molecule has 2 aliphatic rings. The number of fused-ring (bicyclic) bond motifs is 1. The summed E-state index contributed by atoms with van der Waals surface area (Å²) >= 11 is 0. The lowest BCUT2D eigenvalue weighted by Gasteiger charge is -2.32. The number of benzene rings is 1. The summed E-state index contributed by atoms with van der Waals surface area (Å²) in [6.45, 7) is 3.35. The first-order valence-corrected chi connectivity index (χ1v) is 8.48. The van der Waals surface area contributed by atoms with Crippen molar-refractivity contribution in [2.24, 2.45) is 0 Å². The second-order valence-electron chi connectivity index (χ2n) is 6.50. The van der Waals surface area contributed by atoms with Gasteiger partial charge in [0.25, 0.3) is 0 Å². The zero-order valence-corrected chi connectivity index (χ0v) is 13.8. The molecule has 1 aliphatic carbocycles. The molecule has 1 amide bonds. The smallest absolute Gasteiger partial charge is 0.246 e. The van der Waals surface area contributed by atoms with E-state index in [1.807, 2.05) is 4.90 Å². The summed E-state index contributed by atoms with van der Waals surface area (Å²) in [7, 11) is 0.